The Morgan fingerprint density at radius 3 is 2.95 bits per heavy atom. The summed E-state index contributed by atoms with van der Waals surface area (Å²) in [6.45, 7) is 2.47. The van der Waals surface area contributed by atoms with Crippen LogP contribution < -0.4 is 4.74 Å². The number of fused-ring (bicyclic) bond motifs is 1. The van der Waals surface area contributed by atoms with E-state index in [1.54, 1.807) is 12.1 Å². The van der Waals surface area contributed by atoms with Gasteiger partial charge in [0.1, 0.15) is 10.9 Å². The molecule has 0 atom stereocenters. The molecule has 0 spiro atoms. The number of hydrogen-bond donors (Lipinski definition) is 0. The lowest BCUT2D eigenvalue weighted by molar-refractivity contribution is -0.400. The summed E-state index contributed by atoms with van der Waals surface area (Å²) in [7, 11) is 0. The van der Waals surface area contributed by atoms with Crippen LogP contribution in [0.15, 0.2) is 30.5 Å². The van der Waals surface area contributed by atoms with Crippen molar-refractivity contribution in [3.05, 3.63) is 51.3 Å². The number of rotatable bonds is 4. The molecule has 98 valence electrons. The zero-order valence-electron chi connectivity index (χ0n) is 10.2. The molecule has 0 aliphatic carbocycles. The highest BCUT2D eigenvalue weighted by Gasteiger charge is 2.05. The maximum Gasteiger partial charge on any atom is 0.235 e. The van der Waals surface area contributed by atoms with Crippen LogP contribution in [0.2, 0.25) is 5.15 Å². The van der Waals surface area contributed by atoms with E-state index >= 15 is 0 Å². The Labute approximate surface area is 114 Å². The molecular weight excluding hydrogens is 268 g/mol. The van der Waals surface area contributed by atoms with E-state index in [4.69, 9.17) is 16.3 Å². The highest BCUT2D eigenvalue weighted by Crippen LogP contribution is 2.25. The van der Waals surface area contributed by atoms with Crippen LogP contribution in [0, 0.1) is 10.1 Å². The molecule has 0 N–H and O–H groups in total. The fraction of sp³-hybridized carbons (Fsp3) is 0.154. The fourth-order valence-corrected chi connectivity index (χ4v) is 1.87. The largest absolute Gasteiger partial charge is 0.494 e. The zero-order chi connectivity index (χ0) is 13.8. The topological polar surface area (TPSA) is 65.3 Å². The van der Waals surface area contributed by atoms with Gasteiger partial charge in [0, 0.05) is 17.0 Å². The number of pyridine rings is 1. The normalized spacial score (nSPS) is 11.1. The number of halogens is 1. The van der Waals surface area contributed by atoms with Crippen LogP contribution in [0.4, 0.5) is 0 Å². The number of benzene rings is 1. The molecule has 0 unspecified atom stereocenters. The summed E-state index contributed by atoms with van der Waals surface area (Å²) in [6.07, 6.45) is 2.16. The van der Waals surface area contributed by atoms with Crippen molar-refractivity contribution >= 4 is 28.6 Å². The molecule has 2 aromatic rings. The maximum atomic E-state index is 10.3. The molecule has 1 aromatic carbocycles. The Balaban J connectivity index is 2.48. The molecule has 0 aliphatic rings. The van der Waals surface area contributed by atoms with Gasteiger partial charge in [-0.25, -0.2) is 4.98 Å². The van der Waals surface area contributed by atoms with Gasteiger partial charge in [0.15, 0.2) is 0 Å². The summed E-state index contributed by atoms with van der Waals surface area (Å²) >= 11 is 5.97. The van der Waals surface area contributed by atoms with Gasteiger partial charge >= 0.3 is 0 Å². The second-order valence-electron chi connectivity index (χ2n) is 3.76. The van der Waals surface area contributed by atoms with E-state index in [1.807, 2.05) is 19.1 Å². The minimum absolute atomic E-state index is 0.231. The van der Waals surface area contributed by atoms with E-state index < -0.39 is 4.92 Å². The second-order valence-corrected chi connectivity index (χ2v) is 4.12. The first kappa shape index (κ1) is 13.3. The number of ether oxygens (including phenoxy) is 1. The molecule has 0 radical (unpaired) electrons. The smallest absolute Gasteiger partial charge is 0.235 e. The van der Waals surface area contributed by atoms with E-state index in [0.717, 1.165) is 17.3 Å². The van der Waals surface area contributed by atoms with Crippen molar-refractivity contribution in [1.29, 1.82) is 0 Å². The number of nitrogens with zero attached hydrogens (tertiary/aromatic N) is 2. The van der Waals surface area contributed by atoms with Crippen molar-refractivity contribution < 1.29 is 9.66 Å². The minimum Gasteiger partial charge on any atom is -0.494 e. The van der Waals surface area contributed by atoms with Crippen LogP contribution in [-0.2, 0) is 0 Å². The summed E-state index contributed by atoms with van der Waals surface area (Å²) in [4.78, 5) is 14.0. The molecule has 0 amide bonds. The molecule has 0 aliphatic heterocycles. The molecule has 0 saturated carbocycles. The first-order chi connectivity index (χ1) is 9.10. The molecular formula is C13H11ClN2O3. The predicted octanol–water partition coefficient (Wildman–Crippen LogP) is 3.53. The molecule has 0 fully saturated rings. The van der Waals surface area contributed by atoms with E-state index in [2.05, 4.69) is 4.98 Å². The van der Waals surface area contributed by atoms with Gasteiger partial charge in [-0.2, -0.15) is 0 Å². The van der Waals surface area contributed by atoms with Gasteiger partial charge in [-0.1, -0.05) is 11.6 Å². The molecule has 0 saturated heterocycles. The zero-order valence-corrected chi connectivity index (χ0v) is 10.9. The Hall–Kier alpha value is -2.14. The number of hydrogen-bond acceptors (Lipinski definition) is 4. The van der Waals surface area contributed by atoms with Gasteiger partial charge in [-0.3, -0.25) is 10.1 Å². The molecule has 1 aromatic heterocycles. The third-order valence-electron chi connectivity index (χ3n) is 2.45. The van der Waals surface area contributed by atoms with Crippen LogP contribution in [0.5, 0.6) is 5.75 Å². The van der Waals surface area contributed by atoms with Gasteiger partial charge in [0.25, 0.3) is 0 Å². The quantitative estimate of drug-likeness (QED) is 0.487. The average Bonchev–Trinajstić information content (AvgIpc) is 2.37. The fourth-order valence-electron chi connectivity index (χ4n) is 1.66. The van der Waals surface area contributed by atoms with Crippen LogP contribution in [0.25, 0.3) is 17.0 Å². The molecule has 6 heteroatoms. The Morgan fingerprint density at radius 1 is 1.47 bits per heavy atom. The van der Waals surface area contributed by atoms with Crippen LogP contribution in [0.3, 0.4) is 0 Å². The lowest BCUT2D eigenvalue weighted by Gasteiger charge is -2.05. The summed E-state index contributed by atoms with van der Waals surface area (Å²) in [6, 6.07) is 7.17. The average molecular weight is 279 g/mol. The predicted molar refractivity (Wildman–Crippen MR) is 74.0 cm³/mol. The molecule has 5 nitrogen and oxygen atoms in total. The Kier molecular flexibility index (Phi) is 3.97. The number of aromatic nitrogens is 1. The minimum atomic E-state index is -0.545. The molecule has 19 heavy (non-hydrogen) atoms. The van der Waals surface area contributed by atoms with E-state index in [-0.39, 0.29) is 5.15 Å². The van der Waals surface area contributed by atoms with Crippen molar-refractivity contribution in [2.45, 2.75) is 6.92 Å². The number of nitro groups is 1. The highest BCUT2D eigenvalue weighted by molar-refractivity contribution is 6.31. The monoisotopic (exact) mass is 278 g/mol. The van der Waals surface area contributed by atoms with Gasteiger partial charge in [0.05, 0.1) is 17.0 Å². The molecule has 1 heterocycles. The lowest BCUT2D eigenvalue weighted by atomic mass is 10.1. The second kappa shape index (κ2) is 5.67. The Bertz CT molecular complexity index is 656. The van der Waals surface area contributed by atoms with E-state index in [9.17, 15) is 10.1 Å². The highest BCUT2D eigenvalue weighted by atomic mass is 35.5. The molecule has 0 bridgehead atoms. The van der Waals surface area contributed by atoms with E-state index in [0.29, 0.717) is 17.7 Å². The van der Waals surface area contributed by atoms with Gasteiger partial charge in [0.2, 0.25) is 6.20 Å². The molecule has 2 rings (SSSR count). The lowest BCUT2D eigenvalue weighted by Crippen LogP contribution is -1.92. The first-order valence-corrected chi connectivity index (χ1v) is 6.02. The van der Waals surface area contributed by atoms with Gasteiger partial charge < -0.3 is 4.74 Å². The maximum absolute atomic E-state index is 10.3. The van der Waals surface area contributed by atoms with Crippen molar-refractivity contribution in [3.63, 3.8) is 0 Å². The van der Waals surface area contributed by atoms with Crippen LogP contribution in [0.1, 0.15) is 12.5 Å². The standard InChI is InChI=1S/C13H11ClN2O3/c1-2-19-11-3-4-12-10(8-11)7-9(13(14)15-12)5-6-16(17)18/h3-8H,2H2,1H3. The van der Waals surface area contributed by atoms with E-state index in [1.165, 1.54) is 6.08 Å². The van der Waals surface area contributed by atoms with Crippen molar-refractivity contribution in [2.24, 2.45) is 0 Å². The van der Waals surface area contributed by atoms with Crippen molar-refractivity contribution in [2.75, 3.05) is 6.61 Å². The summed E-state index contributed by atoms with van der Waals surface area (Å²) < 4.78 is 5.40. The third-order valence-corrected chi connectivity index (χ3v) is 2.76. The summed E-state index contributed by atoms with van der Waals surface area (Å²) in [5.41, 5.74) is 1.21. The van der Waals surface area contributed by atoms with Crippen molar-refractivity contribution in [1.82, 2.24) is 4.98 Å². The van der Waals surface area contributed by atoms with Gasteiger partial charge in [-0.05, 0) is 31.2 Å². The van der Waals surface area contributed by atoms with Crippen molar-refractivity contribution in [3.8, 4) is 5.75 Å². The van der Waals surface area contributed by atoms with Crippen LogP contribution >= 0.6 is 11.6 Å². The first-order valence-electron chi connectivity index (χ1n) is 5.65. The van der Waals surface area contributed by atoms with Crippen LogP contribution in [-0.4, -0.2) is 16.5 Å². The Morgan fingerprint density at radius 2 is 2.26 bits per heavy atom. The SMILES string of the molecule is CCOc1ccc2nc(Cl)c(C=C[N+](=O)[O-])cc2c1. The third kappa shape index (κ3) is 3.20. The van der Waals surface area contributed by atoms with Gasteiger partial charge in [-0.15, -0.1) is 0 Å². The summed E-state index contributed by atoms with van der Waals surface area (Å²) in [5, 5.41) is 11.4. The summed E-state index contributed by atoms with van der Waals surface area (Å²) in [5.74, 6) is 0.725.